The highest BCUT2D eigenvalue weighted by Gasteiger charge is 2.04. The molecular formula is C6H4BrN3O. The van der Waals surface area contributed by atoms with E-state index in [0.29, 0.717) is 5.65 Å². The van der Waals surface area contributed by atoms with Crippen molar-refractivity contribution in [1.82, 2.24) is 10.2 Å². The van der Waals surface area contributed by atoms with Gasteiger partial charge in [-0.05, 0) is 22.0 Å². The van der Waals surface area contributed by atoms with Crippen molar-refractivity contribution in [2.24, 2.45) is 0 Å². The van der Waals surface area contributed by atoms with Crippen LogP contribution in [0.2, 0.25) is 0 Å². The third kappa shape index (κ3) is 0.970. The summed E-state index contributed by atoms with van der Waals surface area (Å²) in [5.74, 6) is 0. The lowest BCUT2D eigenvalue weighted by atomic mass is 10.4. The van der Waals surface area contributed by atoms with Gasteiger partial charge in [-0.3, -0.25) is 0 Å². The number of nitrogens with zero attached hydrogens (tertiary/aromatic N) is 2. The second kappa shape index (κ2) is 2.20. The molecule has 0 saturated heterocycles. The van der Waals surface area contributed by atoms with Crippen LogP contribution < -0.4 is 4.73 Å². The van der Waals surface area contributed by atoms with Crippen molar-refractivity contribution in [3.05, 3.63) is 28.1 Å². The van der Waals surface area contributed by atoms with E-state index in [2.05, 4.69) is 26.1 Å². The molecule has 0 aliphatic carbocycles. The molecule has 56 valence electrons. The fourth-order valence-corrected chi connectivity index (χ4v) is 1.37. The summed E-state index contributed by atoms with van der Waals surface area (Å²) in [6.45, 7) is 0. The van der Waals surface area contributed by atoms with E-state index in [0.717, 1.165) is 14.6 Å². The molecular weight excluding hydrogens is 210 g/mol. The molecule has 5 heteroatoms. The zero-order chi connectivity index (χ0) is 7.84. The van der Waals surface area contributed by atoms with E-state index in [1.807, 2.05) is 6.07 Å². The minimum atomic E-state index is 0.480. The van der Waals surface area contributed by atoms with Gasteiger partial charge in [-0.1, -0.05) is 5.10 Å². The molecule has 0 aliphatic rings. The highest BCUT2D eigenvalue weighted by atomic mass is 79.9. The predicted molar refractivity (Wildman–Crippen MR) is 42.8 cm³/mol. The van der Waals surface area contributed by atoms with Crippen molar-refractivity contribution in [2.45, 2.75) is 0 Å². The van der Waals surface area contributed by atoms with Crippen LogP contribution in [-0.4, -0.2) is 10.2 Å². The minimum Gasteiger partial charge on any atom is -0.711 e. The van der Waals surface area contributed by atoms with Crippen molar-refractivity contribution in [3.8, 4) is 0 Å². The highest BCUT2D eigenvalue weighted by molar-refractivity contribution is 9.10. The van der Waals surface area contributed by atoms with Crippen LogP contribution in [0.5, 0.6) is 0 Å². The Labute approximate surface area is 70.6 Å². The second-order valence-electron chi connectivity index (χ2n) is 2.16. The summed E-state index contributed by atoms with van der Waals surface area (Å²) in [5.41, 5.74) is 0.480. The summed E-state index contributed by atoms with van der Waals surface area (Å²) >= 11 is 3.21. The van der Waals surface area contributed by atoms with E-state index < -0.39 is 0 Å². The van der Waals surface area contributed by atoms with Crippen molar-refractivity contribution in [3.63, 3.8) is 0 Å². The van der Waals surface area contributed by atoms with E-state index >= 15 is 0 Å². The third-order valence-corrected chi connectivity index (χ3v) is 1.84. The van der Waals surface area contributed by atoms with Crippen molar-refractivity contribution >= 4 is 27.0 Å². The fraction of sp³-hybridized carbons (Fsp3) is 0. The Balaban J connectivity index is 2.91. The summed E-state index contributed by atoms with van der Waals surface area (Å²) in [7, 11) is 0. The van der Waals surface area contributed by atoms with Crippen molar-refractivity contribution < 1.29 is 4.73 Å². The van der Waals surface area contributed by atoms with Crippen LogP contribution in [0.3, 0.4) is 0 Å². The number of aromatic nitrogens is 3. The molecule has 1 N–H and O–H groups in total. The highest BCUT2D eigenvalue weighted by Crippen LogP contribution is 2.12. The average Bonchev–Trinajstić information content (AvgIpc) is 2.34. The number of H-pyrrole nitrogens is 1. The Kier molecular flexibility index (Phi) is 1.32. The van der Waals surface area contributed by atoms with Gasteiger partial charge in [-0.15, -0.1) is 5.10 Å². The topological polar surface area (TPSA) is 55.6 Å². The molecule has 0 amide bonds. The summed E-state index contributed by atoms with van der Waals surface area (Å²) in [4.78, 5) is 0. The van der Waals surface area contributed by atoms with Crippen molar-refractivity contribution in [2.75, 3.05) is 0 Å². The van der Waals surface area contributed by atoms with Crippen LogP contribution in [0.1, 0.15) is 0 Å². The zero-order valence-electron chi connectivity index (χ0n) is 5.41. The second-order valence-corrected chi connectivity index (χ2v) is 3.07. The number of nitrogens with one attached hydrogen (secondary N) is 1. The molecule has 2 rings (SSSR count). The molecule has 0 spiro atoms. The molecule has 2 aromatic rings. The smallest absolute Gasteiger partial charge is 0.311 e. The number of halogens is 1. The van der Waals surface area contributed by atoms with E-state index in [4.69, 9.17) is 0 Å². The normalized spacial score (nSPS) is 10.6. The Morgan fingerprint density at radius 3 is 3.27 bits per heavy atom. The third-order valence-electron chi connectivity index (χ3n) is 1.40. The van der Waals surface area contributed by atoms with Crippen LogP contribution in [0, 0.1) is 5.21 Å². The number of hydrogen-bond donors (Lipinski definition) is 1. The molecule has 0 aliphatic heterocycles. The van der Waals surface area contributed by atoms with Gasteiger partial charge in [0.15, 0.2) is 0 Å². The maximum atomic E-state index is 11.1. The van der Waals surface area contributed by atoms with E-state index in [1.54, 1.807) is 6.20 Å². The molecule has 0 atom stereocenters. The Morgan fingerprint density at radius 1 is 1.64 bits per heavy atom. The number of pyridine rings is 1. The summed E-state index contributed by atoms with van der Waals surface area (Å²) in [6.07, 6.45) is 3.04. The largest absolute Gasteiger partial charge is 0.711 e. The predicted octanol–water partition coefficient (Wildman–Crippen LogP) is 0.959. The first kappa shape index (κ1) is 6.60. The van der Waals surface area contributed by atoms with E-state index in [9.17, 15) is 5.21 Å². The Bertz CT molecular complexity index is 398. The van der Waals surface area contributed by atoms with Gasteiger partial charge in [-0.25, -0.2) is 4.73 Å². The van der Waals surface area contributed by atoms with Gasteiger partial charge < -0.3 is 5.21 Å². The fourth-order valence-electron chi connectivity index (χ4n) is 0.933. The molecule has 4 nitrogen and oxygen atoms in total. The van der Waals surface area contributed by atoms with Crippen LogP contribution in [0.15, 0.2) is 22.9 Å². The number of rotatable bonds is 0. The number of aromatic amines is 1. The van der Waals surface area contributed by atoms with Gasteiger partial charge in [0.2, 0.25) is 0 Å². The number of hydrogen-bond acceptors (Lipinski definition) is 2. The van der Waals surface area contributed by atoms with Gasteiger partial charge in [0, 0.05) is 0 Å². The van der Waals surface area contributed by atoms with Gasteiger partial charge in [0.05, 0.1) is 16.1 Å². The average molecular weight is 214 g/mol. The van der Waals surface area contributed by atoms with Crippen LogP contribution in [0.25, 0.3) is 11.0 Å². The summed E-state index contributed by atoms with van der Waals surface area (Å²) < 4.78 is 1.49. The summed E-state index contributed by atoms with van der Waals surface area (Å²) in [5, 5.41) is 18.2. The maximum Gasteiger partial charge on any atom is 0.311 e. The Hall–Kier alpha value is -1.10. The lowest BCUT2D eigenvalue weighted by Crippen LogP contribution is -2.26. The number of fused-ring (bicyclic) bond motifs is 1. The molecule has 0 saturated carbocycles. The molecule has 0 aromatic carbocycles. The van der Waals surface area contributed by atoms with E-state index in [-0.39, 0.29) is 0 Å². The van der Waals surface area contributed by atoms with Crippen molar-refractivity contribution in [1.29, 1.82) is 0 Å². The zero-order valence-corrected chi connectivity index (χ0v) is 7.00. The van der Waals surface area contributed by atoms with Gasteiger partial charge in [0.25, 0.3) is 0 Å². The molecule has 0 radical (unpaired) electrons. The molecule has 0 bridgehead atoms. The summed E-state index contributed by atoms with van der Waals surface area (Å²) in [6, 6.07) is 1.83. The monoisotopic (exact) mass is 213 g/mol. The first-order valence-electron chi connectivity index (χ1n) is 2.99. The quantitative estimate of drug-likeness (QED) is 0.524. The SMILES string of the molecule is [O-][n+]1cc(Br)cc2cn[nH]c21. The Morgan fingerprint density at radius 2 is 2.45 bits per heavy atom. The van der Waals surface area contributed by atoms with Crippen LogP contribution in [-0.2, 0) is 0 Å². The lowest BCUT2D eigenvalue weighted by Gasteiger charge is -2.00. The van der Waals surface area contributed by atoms with E-state index in [1.165, 1.54) is 6.20 Å². The van der Waals surface area contributed by atoms with Crippen LogP contribution >= 0.6 is 15.9 Å². The minimum absolute atomic E-state index is 0.480. The van der Waals surface area contributed by atoms with Gasteiger partial charge in [0.1, 0.15) is 6.20 Å². The molecule has 0 fully saturated rings. The van der Waals surface area contributed by atoms with Gasteiger partial charge >= 0.3 is 5.65 Å². The first-order valence-corrected chi connectivity index (χ1v) is 3.78. The first-order chi connectivity index (χ1) is 5.27. The molecule has 2 aromatic heterocycles. The van der Waals surface area contributed by atoms with Crippen LogP contribution in [0.4, 0.5) is 0 Å². The molecule has 2 heterocycles. The molecule has 11 heavy (non-hydrogen) atoms. The maximum absolute atomic E-state index is 11.1. The van der Waals surface area contributed by atoms with Gasteiger partial charge in [-0.2, -0.15) is 0 Å². The molecule has 0 unspecified atom stereocenters. The lowest BCUT2D eigenvalue weighted by molar-refractivity contribution is -0.579. The standard InChI is InChI=1S/C6H4BrN3O/c7-5-1-4-2-8-9-6(4)10(11)3-5/h1-3H,(H,8,9).